The fourth-order valence-corrected chi connectivity index (χ4v) is 1.61. The van der Waals surface area contributed by atoms with E-state index in [1.165, 1.54) is 0 Å². The van der Waals surface area contributed by atoms with Gasteiger partial charge < -0.3 is 4.57 Å². The average molecular weight is 207 g/mol. The van der Waals surface area contributed by atoms with Crippen molar-refractivity contribution in [3.05, 3.63) is 41.2 Å². The summed E-state index contributed by atoms with van der Waals surface area (Å²) in [5.74, 6) is 0.971. The molecule has 0 saturated heterocycles. The van der Waals surface area contributed by atoms with Gasteiger partial charge in [-0.2, -0.15) is 0 Å². The van der Waals surface area contributed by atoms with Crippen molar-refractivity contribution < 1.29 is 0 Å². The molecule has 2 rings (SSSR count). The van der Waals surface area contributed by atoms with Crippen molar-refractivity contribution >= 4 is 11.6 Å². The fraction of sp³-hybridized carbons (Fsp3) is 0.182. The third-order valence-corrected chi connectivity index (χ3v) is 2.35. The van der Waals surface area contributed by atoms with E-state index in [-0.39, 0.29) is 0 Å². The van der Waals surface area contributed by atoms with Gasteiger partial charge in [0.25, 0.3) is 0 Å². The molecule has 2 aromatic rings. The van der Waals surface area contributed by atoms with Crippen LogP contribution in [-0.4, -0.2) is 9.55 Å². The van der Waals surface area contributed by atoms with Crippen molar-refractivity contribution in [2.45, 2.75) is 6.92 Å². The molecule has 0 atom stereocenters. The molecule has 0 bridgehead atoms. The van der Waals surface area contributed by atoms with Crippen LogP contribution in [0.1, 0.15) is 5.69 Å². The second-order valence-electron chi connectivity index (χ2n) is 3.32. The predicted molar refractivity (Wildman–Crippen MR) is 58.4 cm³/mol. The van der Waals surface area contributed by atoms with Gasteiger partial charge >= 0.3 is 0 Å². The number of aryl methyl sites for hydroxylation is 2. The normalized spacial score (nSPS) is 10.5. The first-order valence-corrected chi connectivity index (χ1v) is 4.80. The minimum Gasteiger partial charge on any atom is -0.334 e. The van der Waals surface area contributed by atoms with Crippen LogP contribution in [0.4, 0.5) is 0 Å². The lowest BCUT2D eigenvalue weighted by atomic mass is 10.2. The van der Waals surface area contributed by atoms with Crippen molar-refractivity contribution in [1.82, 2.24) is 9.55 Å². The van der Waals surface area contributed by atoms with Gasteiger partial charge in [-0.15, -0.1) is 0 Å². The van der Waals surface area contributed by atoms with E-state index in [1.54, 1.807) is 0 Å². The van der Waals surface area contributed by atoms with E-state index in [4.69, 9.17) is 11.6 Å². The number of rotatable bonds is 1. The van der Waals surface area contributed by atoms with E-state index in [9.17, 15) is 0 Å². The van der Waals surface area contributed by atoms with E-state index >= 15 is 0 Å². The molecule has 0 spiro atoms. The van der Waals surface area contributed by atoms with Crippen LogP contribution in [0.2, 0.25) is 5.02 Å². The summed E-state index contributed by atoms with van der Waals surface area (Å²) in [6.07, 6.45) is 2.00. The first kappa shape index (κ1) is 9.28. The summed E-state index contributed by atoms with van der Waals surface area (Å²) >= 11 is 5.82. The third-order valence-electron chi connectivity index (χ3n) is 2.10. The number of benzene rings is 1. The molecular weight excluding hydrogens is 196 g/mol. The topological polar surface area (TPSA) is 17.8 Å². The summed E-state index contributed by atoms with van der Waals surface area (Å²) in [5.41, 5.74) is 2.11. The molecule has 1 heterocycles. The maximum atomic E-state index is 5.82. The summed E-state index contributed by atoms with van der Waals surface area (Å²) in [6, 6.07) is 7.70. The van der Waals surface area contributed by atoms with Crippen molar-refractivity contribution in [2.75, 3.05) is 0 Å². The Morgan fingerprint density at radius 1 is 1.21 bits per heavy atom. The summed E-state index contributed by atoms with van der Waals surface area (Å²) in [7, 11) is 1.99. The molecule has 0 aliphatic carbocycles. The maximum Gasteiger partial charge on any atom is 0.139 e. The zero-order chi connectivity index (χ0) is 10.1. The zero-order valence-corrected chi connectivity index (χ0v) is 8.92. The molecule has 0 aliphatic rings. The number of hydrogen-bond acceptors (Lipinski definition) is 1. The standard InChI is InChI=1S/C11H11ClN2/c1-8-7-14(2)11(13-8)9-3-5-10(12)6-4-9/h3-7H,1-2H3. The van der Waals surface area contributed by atoms with Crippen LogP contribution in [0.5, 0.6) is 0 Å². The van der Waals surface area contributed by atoms with Gasteiger partial charge in [-0.25, -0.2) is 4.98 Å². The van der Waals surface area contributed by atoms with E-state index in [0.717, 1.165) is 22.1 Å². The van der Waals surface area contributed by atoms with Crippen molar-refractivity contribution in [3.63, 3.8) is 0 Å². The molecule has 0 amide bonds. The van der Waals surface area contributed by atoms with Crippen LogP contribution in [0.25, 0.3) is 11.4 Å². The minimum absolute atomic E-state index is 0.750. The molecule has 3 heteroatoms. The highest BCUT2D eigenvalue weighted by Gasteiger charge is 2.04. The van der Waals surface area contributed by atoms with E-state index in [0.29, 0.717) is 0 Å². The lowest BCUT2D eigenvalue weighted by molar-refractivity contribution is 0.924. The summed E-state index contributed by atoms with van der Waals surface area (Å²) in [5, 5.41) is 0.750. The van der Waals surface area contributed by atoms with E-state index in [2.05, 4.69) is 4.98 Å². The largest absolute Gasteiger partial charge is 0.334 e. The fourth-order valence-electron chi connectivity index (χ4n) is 1.48. The highest BCUT2D eigenvalue weighted by Crippen LogP contribution is 2.20. The van der Waals surface area contributed by atoms with Crippen molar-refractivity contribution in [2.24, 2.45) is 7.05 Å². The number of imidazole rings is 1. The predicted octanol–water partition coefficient (Wildman–Crippen LogP) is 3.05. The molecule has 0 saturated carbocycles. The van der Waals surface area contributed by atoms with Crippen LogP contribution >= 0.6 is 11.6 Å². The lowest BCUT2D eigenvalue weighted by Gasteiger charge is -2.00. The van der Waals surface area contributed by atoms with Gasteiger partial charge in [0.05, 0.1) is 5.69 Å². The first-order valence-electron chi connectivity index (χ1n) is 4.43. The van der Waals surface area contributed by atoms with E-state index in [1.807, 2.05) is 49.0 Å². The Morgan fingerprint density at radius 2 is 1.86 bits per heavy atom. The van der Waals surface area contributed by atoms with Gasteiger partial charge in [-0.3, -0.25) is 0 Å². The van der Waals surface area contributed by atoms with Crippen LogP contribution in [-0.2, 0) is 7.05 Å². The highest BCUT2D eigenvalue weighted by atomic mass is 35.5. The highest BCUT2D eigenvalue weighted by molar-refractivity contribution is 6.30. The second kappa shape index (κ2) is 3.46. The molecule has 0 unspecified atom stereocenters. The number of aromatic nitrogens is 2. The Balaban J connectivity index is 2.49. The third kappa shape index (κ3) is 1.66. The molecule has 0 radical (unpaired) electrons. The summed E-state index contributed by atoms with van der Waals surface area (Å²) < 4.78 is 2.01. The Kier molecular flexibility index (Phi) is 2.30. The second-order valence-corrected chi connectivity index (χ2v) is 3.76. The molecule has 0 aliphatic heterocycles. The Bertz CT molecular complexity index is 443. The Hall–Kier alpha value is -1.28. The van der Waals surface area contributed by atoms with Crippen LogP contribution in [0, 0.1) is 6.92 Å². The van der Waals surface area contributed by atoms with Crippen molar-refractivity contribution in [1.29, 1.82) is 0 Å². The number of nitrogens with zero attached hydrogens (tertiary/aromatic N) is 2. The SMILES string of the molecule is Cc1cn(C)c(-c2ccc(Cl)cc2)n1. The average Bonchev–Trinajstić information content (AvgIpc) is 2.47. The molecule has 0 fully saturated rings. The van der Waals surface area contributed by atoms with Crippen LogP contribution in [0.15, 0.2) is 30.5 Å². The smallest absolute Gasteiger partial charge is 0.139 e. The quantitative estimate of drug-likeness (QED) is 0.701. The Morgan fingerprint density at radius 3 is 2.36 bits per heavy atom. The summed E-state index contributed by atoms with van der Waals surface area (Å²) in [6.45, 7) is 1.99. The number of hydrogen-bond donors (Lipinski definition) is 0. The lowest BCUT2D eigenvalue weighted by Crippen LogP contribution is -1.90. The van der Waals surface area contributed by atoms with Crippen LogP contribution in [0.3, 0.4) is 0 Å². The van der Waals surface area contributed by atoms with E-state index < -0.39 is 0 Å². The van der Waals surface area contributed by atoms with Gasteiger partial charge in [-0.1, -0.05) is 11.6 Å². The van der Waals surface area contributed by atoms with Gasteiger partial charge in [0.15, 0.2) is 0 Å². The minimum atomic E-state index is 0.750. The molecule has 0 N–H and O–H groups in total. The first-order chi connectivity index (χ1) is 6.66. The molecule has 2 nitrogen and oxygen atoms in total. The Labute approximate surface area is 88.2 Å². The maximum absolute atomic E-state index is 5.82. The molecule has 72 valence electrons. The van der Waals surface area contributed by atoms with Gasteiger partial charge in [0, 0.05) is 23.8 Å². The monoisotopic (exact) mass is 206 g/mol. The number of halogens is 1. The molecular formula is C11H11ClN2. The van der Waals surface area contributed by atoms with Gasteiger partial charge in [-0.05, 0) is 31.2 Å². The van der Waals surface area contributed by atoms with Gasteiger partial charge in [0.2, 0.25) is 0 Å². The van der Waals surface area contributed by atoms with Crippen molar-refractivity contribution in [3.8, 4) is 11.4 Å². The zero-order valence-electron chi connectivity index (χ0n) is 8.16. The molecule has 1 aromatic carbocycles. The molecule has 1 aromatic heterocycles. The molecule has 14 heavy (non-hydrogen) atoms. The van der Waals surface area contributed by atoms with Crippen LogP contribution < -0.4 is 0 Å². The summed E-state index contributed by atoms with van der Waals surface area (Å²) in [4.78, 5) is 4.43. The van der Waals surface area contributed by atoms with Gasteiger partial charge in [0.1, 0.15) is 5.82 Å².